The highest BCUT2D eigenvalue weighted by Crippen LogP contribution is 2.45. The number of allylic oxidation sites excluding steroid dienone is 12. The molecule has 91 heavy (non-hydrogen) atoms. The van der Waals surface area contributed by atoms with Gasteiger partial charge < -0.3 is 85.3 Å². The van der Waals surface area contributed by atoms with Crippen molar-refractivity contribution in [1.29, 1.82) is 0 Å². The molecule has 2 fully saturated rings. The molecule has 2 bridgehead atoms. The number of esters is 1. The van der Waals surface area contributed by atoms with Gasteiger partial charge in [0.25, 0.3) is 0 Å². The van der Waals surface area contributed by atoms with Crippen LogP contribution >= 0.6 is 0 Å². The smallest absolute Gasteiger partial charge is 0.407 e. The molecule has 0 saturated carbocycles. The van der Waals surface area contributed by atoms with E-state index in [1.807, 2.05) is 61.5 Å². The number of aliphatic hydroxyl groups excluding tert-OH is 9. The number of alkyl carbamates (subject to hydrolysis) is 1. The molecule has 4 aliphatic rings. The van der Waals surface area contributed by atoms with Crippen molar-refractivity contribution in [3.05, 3.63) is 175 Å². The Balaban J connectivity index is 1.14. The molecule has 22 heteroatoms. The van der Waals surface area contributed by atoms with Crippen molar-refractivity contribution in [2.75, 3.05) is 6.61 Å². The number of fused-ring (bicyclic) bond motifs is 5. The zero-order chi connectivity index (χ0) is 65.8. The molecule has 22 nitrogen and oxygen atoms in total. The van der Waals surface area contributed by atoms with Gasteiger partial charge in [0.15, 0.2) is 12.1 Å². The van der Waals surface area contributed by atoms with Gasteiger partial charge in [-0.1, -0.05) is 153 Å². The molecule has 0 unspecified atom stereocenters. The quantitative estimate of drug-likeness (QED) is 0.0549. The third-order valence-electron chi connectivity index (χ3n) is 17.2. The molecule has 19 atom stereocenters. The maximum absolute atomic E-state index is 14.6. The lowest BCUT2D eigenvalue weighted by molar-refractivity contribution is -0.307. The Labute approximate surface area is 530 Å². The topological polar surface area (TPSA) is 357 Å². The highest BCUT2D eigenvalue weighted by atomic mass is 16.7. The summed E-state index contributed by atoms with van der Waals surface area (Å²) in [4.78, 5) is 45.0. The third-order valence-corrected chi connectivity index (χ3v) is 17.2. The average Bonchev–Trinajstić information content (AvgIpc) is 1.76. The van der Waals surface area contributed by atoms with Crippen LogP contribution in [-0.4, -0.2) is 189 Å². The molecule has 0 radical (unpaired) electrons. The van der Waals surface area contributed by atoms with Gasteiger partial charge in [-0.15, -0.1) is 0 Å². The zero-order valence-electron chi connectivity index (χ0n) is 51.6. The summed E-state index contributed by atoms with van der Waals surface area (Å²) in [6.07, 6.45) is 3.00. The van der Waals surface area contributed by atoms with Crippen molar-refractivity contribution in [2.24, 2.45) is 22.9 Å². The van der Waals surface area contributed by atoms with E-state index in [9.17, 15) is 70.7 Å². The van der Waals surface area contributed by atoms with E-state index in [0.717, 1.165) is 22.3 Å². The molecule has 1 aromatic heterocycles. The van der Waals surface area contributed by atoms with E-state index in [2.05, 4.69) is 15.5 Å². The number of cyclic esters (lactones) is 1. The van der Waals surface area contributed by atoms with Gasteiger partial charge in [-0.05, 0) is 67.5 Å². The van der Waals surface area contributed by atoms with Crippen LogP contribution in [0, 0.1) is 17.8 Å². The number of rotatable bonds is 9. The Hall–Kier alpha value is -6.87. The SMILES string of the molecule is C[C@@H]1[C@H](O)[C@@H](C)C=CC=CC=CC=CC=CC=CC=C[C@H](O[C@@H]2O[C@H](C)[C@@H](O)[C@H](NC(=O)OCC3c4ccccc4-c4ccccc43)[C@@H]2O)C[C@@H]2O[C@](O)(C[C@@H](O)C[C@@H](O)[C@H](O)CC[C@@H](O)C[C@@H](O)CC(=O)O[C@H]1C)C[C@H](O)[C@H]2C(=O)CC(=NO)c1ccncc1. The molecule has 4 heterocycles. The fraction of sp³-hybridized carbons (Fsp3) is 0.493. The second-order valence-electron chi connectivity index (χ2n) is 24.1. The van der Waals surface area contributed by atoms with Crippen LogP contribution in [0.2, 0.25) is 0 Å². The Morgan fingerprint density at radius 1 is 0.659 bits per heavy atom. The lowest BCUT2D eigenvalue weighted by Crippen LogP contribution is -2.64. The van der Waals surface area contributed by atoms with E-state index in [-0.39, 0.29) is 49.8 Å². The van der Waals surface area contributed by atoms with Crippen LogP contribution in [0.5, 0.6) is 0 Å². The van der Waals surface area contributed by atoms with E-state index in [1.165, 1.54) is 37.5 Å². The van der Waals surface area contributed by atoms with Crippen LogP contribution in [0.1, 0.15) is 108 Å². The number of Topliss-reactive ketones (excluding diaryl/α,β-unsaturated/α-hetero) is 1. The third kappa shape index (κ3) is 20.6. The molecule has 2 aromatic carbocycles. The Morgan fingerprint density at radius 3 is 1.87 bits per heavy atom. The number of benzene rings is 2. The number of aromatic nitrogens is 1. The van der Waals surface area contributed by atoms with E-state index in [0.29, 0.717) is 5.56 Å². The minimum atomic E-state index is -2.42. The lowest BCUT2D eigenvalue weighted by atomic mass is 9.79. The van der Waals surface area contributed by atoms with Crippen LogP contribution in [0.3, 0.4) is 0 Å². The fourth-order valence-electron chi connectivity index (χ4n) is 12.0. The largest absolute Gasteiger partial charge is 0.462 e. The van der Waals surface area contributed by atoms with Gasteiger partial charge in [-0.2, -0.15) is 0 Å². The highest BCUT2D eigenvalue weighted by Gasteiger charge is 2.51. The number of ether oxygens (including phenoxy) is 5. The van der Waals surface area contributed by atoms with Gasteiger partial charge in [0.05, 0.1) is 91.6 Å². The molecule has 3 aromatic rings. The van der Waals surface area contributed by atoms with Crippen LogP contribution in [-0.2, 0) is 33.3 Å². The normalized spacial score (nSPS) is 34.0. The van der Waals surface area contributed by atoms with Crippen LogP contribution in [0.15, 0.2) is 163 Å². The van der Waals surface area contributed by atoms with E-state index < -0.39 is 159 Å². The van der Waals surface area contributed by atoms with Crippen molar-refractivity contribution in [2.45, 2.75) is 189 Å². The highest BCUT2D eigenvalue weighted by molar-refractivity contribution is 6.11. The number of carbonyl (C=O) groups is 3. The number of hydrogen-bond acceptors (Lipinski definition) is 21. The molecule has 1 aliphatic carbocycles. The molecule has 1 amide bonds. The predicted molar refractivity (Wildman–Crippen MR) is 336 cm³/mol. The molecule has 3 aliphatic heterocycles. The molecular weight excluding hydrogens is 1170 g/mol. The van der Waals surface area contributed by atoms with Crippen molar-refractivity contribution in [3.8, 4) is 11.1 Å². The number of oxime groups is 1. The minimum absolute atomic E-state index is 0.0668. The number of nitrogens with one attached hydrogen (secondary N) is 1. The average molecular weight is 1260 g/mol. The summed E-state index contributed by atoms with van der Waals surface area (Å²) >= 11 is 0. The Morgan fingerprint density at radius 2 is 1.25 bits per heavy atom. The maximum Gasteiger partial charge on any atom is 0.407 e. The van der Waals surface area contributed by atoms with Crippen molar-refractivity contribution < 1.29 is 94.3 Å². The first-order chi connectivity index (χ1) is 43.6. The monoisotopic (exact) mass is 1260 g/mol. The summed E-state index contributed by atoms with van der Waals surface area (Å²) in [6, 6.07) is 17.2. The van der Waals surface area contributed by atoms with Gasteiger partial charge in [-0.3, -0.25) is 14.6 Å². The first-order valence-electron chi connectivity index (χ1n) is 31.0. The lowest BCUT2D eigenvalue weighted by Gasteiger charge is -2.46. The maximum atomic E-state index is 14.6. The number of amides is 1. The number of pyridine rings is 1. The summed E-state index contributed by atoms with van der Waals surface area (Å²) in [5.41, 5.74) is 4.22. The molecule has 12 N–H and O–H groups in total. The molecular formula is C69H89N3O19. The second-order valence-corrected chi connectivity index (χ2v) is 24.1. The van der Waals surface area contributed by atoms with Crippen LogP contribution in [0.4, 0.5) is 4.79 Å². The summed E-state index contributed by atoms with van der Waals surface area (Å²) in [5.74, 6) is -6.44. The standard InChI is InChI=1S/C69H89N3O19/c1-41-21-15-13-11-9-7-5-6-8-10-12-14-16-22-49(90-67-66(83)63(65(82)44(4)89-67)71-68(84)87-40-54-52-25-19-17-23-50(52)51-24-18-20-26-53(51)54)36-60-62(58(78)37-55(72-86)45-29-31-70-32-30-45)59(79)39-69(85,91-60)38-48(75)34-57(77)56(76)28-27-46(73)33-47(74)35-61(80)88-43(3)42(2)64(41)81/h5-26,29-32,41-44,46-49,54,56-57,59-60,62-67,73-77,79,81-83,85-86H,27-28,33-40H2,1-4H3,(H,71,84)/t41-,42-,43-,44+,46+,47+,48-,49-,56+,57+,59-,60-,62+,63-,64+,65+,66-,67-,69+/m0/s1. The minimum Gasteiger partial charge on any atom is -0.462 e. The Kier molecular flexibility index (Phi) is 27.3. The van der Waals surface area contributed by atoms with Gasteiger partial charge in [0.2, 0.25) is 0 Å². The van der Waals surface area contributed by atoms with Crippen LogP contribution in [0.25, 0.3) is 11.1 Å². The summed E-state index contributed by atoms with van der Waals surface area (Å²) in [5, 5.41) is 130. The van der Waals surface area contributed by atoms with Crippen LogP contribution < -0.4 is 5.32 Å². The molecule has 0 spiro atoms. The molecule has 7 rings (SSSR count). The summed E-state index contributed by atoms with van der Waals surface area (Å²) in [6.45, 7) is 6.64. The predicted octanol–water partition coefficient (Wildman–Crippen LogP) is 5.44. The second kappa shape index (κ2) is 34.7. The summed E-state index contributed by atoms with van der Waals surface area (Å²) in [7, 11) is 0. The van der Waals surface area contributed by atoms with E-state index in [1.54, 1.807) is 86.8 Å². The fourth-order valence-corrected chi connectivity index (χ4v) is 12.0. The van der Waals surface area contributed by atoms with Crippen molar-refractivity contribution in [3.63, 3.8) is 0 Å². The number of ketones is 1. The van der Waals surface area contributed by atoms with E-state index >= 15 is 0 Å². The van der Waals surface area contributed by atoms with E-state index in [4.69, 9.17) is 23.7 Å². The van der Waals surface area contributed by atoms with Gasteiger partial charge in [0, 0.05) is 61.4 Å². The van der Waals surface area contributed by atoms with Gasteiger partial charge >= 0.3 is 12.1 Å². The van der Waals surface area contributed by atoms with Gasteiger partial charge in [0.1, 0.15) is 30.7 Å². The van der Waals surface area contributed by atoms with Gasteiger partial charge in [-0.25, -0.2) is 4.79 Å². The number of nitrogens with zero attached hydrogens (tertiary/aromatic N) is 2. The van der Waals surface area contributed by atoms with Crippen molar-refractivity contribution in [1.82, 2.24) is 10.3 Å². The molecule has 2 saturated heterocycles. The number of aliphatic hydroxyl groups is 10. The first kappa shape index (κ1) is 71.6. The van der Waals surface area contributed by atoms with Crippen molar-refractivity contribution >= 4 is 23.6 Å². The number of carbonyl (C=O) groups excluding carboxylic acids is 3. The summed E-state index contributed by atoms with van der Waals surface area (Å²) < 4.78 is 30.2. The Bertz CT molecular complexity index is 3030. The molecule has 494 valence electrons. The zero-order valence-corrected chi connectivity index (χ0v) is 51.6. The number of hydrogen-bond donors (Lipinski definition) is 12. The first-order valence-corrected chi connectivity index (χ1v) is 31.0.